The van der Waals surface area contributed by atoms with Crippen LogP contribution in [-0.2, 0) is 21.1 Å². The van der Waals surface area contributed by atoms with Crippen molar-refractivity contribution in [1.29, 1.82) is 0 Å². The lowest BCUT2D eigenvalue weighted by Gasteiger charge is -2.20. The van der Waals surface area contributed by atoms with E-state index >= 15 is 0 Å². The molecule has 0 radical (unpaired) electrons. The summed E-state index contributed by atoms with van der Waals surface area (Å²) in [6.07, 6.45) is 0.146. The number of aliphatic hydroxyl groups is 1. The van der Waals surface area contributed by atoms with Crippen LogP contribution < -0.4 is 10.6 Å². The van der Waals surface area contributed by atoms with Crippen LogP contribution in [0.4, 0.5) is 18.9 Å². The van der Waals surface area contributed by atoms with E-state index in [9.17, 15) is 26.4 Å². The summed E-state index contributed by atoms with van der Waals surface area (Å²) >= 11 is 0. The Hall–Kier alpha value is -2.92. The number of sulfone groups is 1. The second kappa shape index (κ2) is 11.5. The van der Waals surface area contributed by atoms with Gasteiger partial charge >= 0.3 is 5.51 Å². The number of benzene rings is 2. The summed E-state index contributed by atoms with van der Waals surface area (Å²) in [6.45, 7) is 2.12. The van der Waals surface area contributed by atoms with E-state index in [1.54, 1.807) is 30.3 Å². The average Bonchev–Trinajstić information content (AvgIpc) is 2.74. The van der Waals surface area contributed by atoms with Crippen LogP contribution in [0, 0.1) is 0 Å². The molecule has 0 saturated carbocycles. The third-order valence-corrected chi connectivity index (χ3v) is 5.76. The van der Waals surface area contributed by atoms with Crippen molar-refractivity contribution in [3.63, 3.8) is 0 Å². The molecule has 0 bridgehead atoms. The lowest BCUT2D eigenvalue weighted by Crippen LogP contribution is -2.28. The zero-order valence-corrected chi connectivity index (χ0v) is 17.5. The highest BCUT2D eigenvalue weighted by Gasteiger charge is 2.48. The molecule has 0 fully saturated rings. The van der Waals surface area contributed by atoms with Crippen LogP contribution >= 0.6 is 0 Å². The first-order valence-corrected chi connectivity index (χ1v) is 10.5. The van der Waals surface area contributed by atoms with Crippen LogP contribution in [-0.4, -0.2) is 51.9 Å². The Morgan fingerprint density at radius 1 is 1.10 bits per heavy atom. The van der Waals surface area contributed by atoms with E-state index in [1.165, 1.54) is 7.05 Å². The number of aliphatic hydroxyl groups excluding tert-OH is 1. The third-order valence-electron chi connectivity index (χ3n) is 4.19. The minimum Gasteiger partial charge on any atom is -0.396 e. The second-order valence-electron chi connectivity index (χ2n) is 6.16. The van der Waals surface area contributed by atoms with Gasteiger partial charge in [-0.15, -0.1) is 0 Å². The summed E-state index contributed by atoms with van der Waals surface area (Å²) in [7, 11) is -4.38. The SMILES string of the molecule is C=O.CNC(=O)c1c(NCCCO)ccc(S(=O)(=O)C(F)(F)F)c1Cc1ccccc1. The first-order valence-electron chi connectivity index (χ1n) is 9.00. The fourth-order valence-corrected chi connectivity index (χ4v) is 3.81. The van der Waals surface area contributed by atoms with Crippen LogP contribution in [0.3, 0.4) is 0 Å². The molecule has 0 aliphatic heterocycles. The van der Waals surface area contributed by atoms with Gasteiger partial charge in [-0.2, -0.15) is 13.2 Å². The van der Waals surface area contributed by atoms with Gasteiger partial charge in [-0.3, -0.25) is 4.79 Å². The molecule has 0 aromatic heterocycles. The van der Waals surface area contributed by atoms with E-state index in [4.69, 9.17) is 9.90 Å². The van der Waals surface area contributed by atoms with Crippen molar-refractivity contribution in [3.05, 3.63) is 59.2 Å². The number of carbonyl (C=O) groups excluding carboxylic acids is 2. The van der Waals surface area contributed by atoms with Crippen LogP contribution in [0.25, 0.3) is 0 Å². The lowest BCUT2D eigenvalue weighted by atomic mass is 9.97. The highest BCUT2D eigenvalue weighted by atomic mass is 32.2. The van der Waals surface area contributed by atoms with Gasteiger partial charge in [0.1, 0.15) is 6.79 Å². The number of nitrogens with one attached hydrogen (secondary N) is 2. The molecule has 0 aliphatic carbocycles. The van der Waals surface area contributed by atoms with Crippen molar-refractivity contribution in [2.75, 3.05) is 25.5 Å². The van der Waals surface area contributed by atoms with Crippen molar-refractivity contribution in [1.82, 2.24) is 5.32 Å². The molecule has 0 saturated heterocycles. The molecule has 0 atom stereocenters. The van der Waals surface area contributed by atoms with Gasteiger partial charge in [0.25, 0.3) is 15.7 Å². The van der Waals surface area contributed by atoms with Gasteiger partial charge in [-0.1, -0.05) is 30.3 Å². The van der Waals surface area contributed by atoms with Gasteiger partial charge in [0.15, 0.2) is 0 Å². The quantitative estimate of drug-likeness (QED) is 0.522. The molecule has 170 valence electrons. The first kappa shape index (κ1) is 26.1. The van der Waals surface area contributed by atoms with Crippen molar-refractivity contribution in [3.8, 4) is 0 Å². The zero-order chi connectivity index (χ0) is 23.7. The number of rotatable bonds is 8. The maximum absolute atomic E-state index is 13.3. The Bertz CT molecular complexity index is 980. The molecule has 2 aromatic rings. The Balaban J connectivity index is 0.00000233. The number of halogens is 3. The summed E-state index contributed by atoms with van der Waals surface area (Å²) in [5.74, 6) is -0.721. The normalized spacial score (nSPS) is 11.3. The van der Waals surface area contributed by atoms with Crippen molar-refractivity contribution in [2.24, 2.45) is 0 Å². The Morgan fingerprint density at radius 3 is 2.23 bits per heavy atom. The predicted molar refractivity (Wildman–Crippen MR) is 110 cm³/mol. The van der Waals surface area contributed by atoms with Crippen LogP contribution in [0.2, 0.25) is 0 Å². The Labute approximate surface area is 178 Å². The minimum absolute atomic E-state index is 0.125. The maximum atomic E-state index is 13.3. The molecular weight excluding hydrogens is 437 g/mol. The number of anilines is 1. The molecule has 11 heteroatoms. The molecule has 31 heavy (non-hydrogen) atoms. The zero-order valence-electron chi connectivity index (χ0n) is 16.7. The van der Waals surface area contributed by atoms with E-state index in [-0.39, 0.29) is 36.4 Å². The van der Waals surface area contributed by atoms with E-state index in [0.717, 1.165) is 12.1 Å². The first-order chi connectivity index (χ1) is 14.6. The number of hydrogen-bond donors (Lipinski definition) is 3. The lowest BCUT2D eigenvalue weighted by molar-refractivity contribution is -0.0980. The molecular formula is C20H23F3N2O5S. The summed E-state index contributed by atoms with van der Waals surface area (Å²) in [6, 6.07) is 10.3. The fourth-order valence-electron chi connectivity index (χ4n) is 2.81. The molecule has 7 nitrogen and oxygen atoms in total. The summed E-state index contributed by atoms with van der Waals surface area (Å²) in [5, 5.41) is 14.2. The van der Waals surface area contributed by atoms with Crippen molar-refractivity contribution in [2.45, 2.75) is 23.2 Å². The van der Waals surface area contributed by atoms with E-state index in [2.05, 4.69) is 10.6 Å². The smallest absolute Gasteiger partial charge is 0.396 e. The monoisotopic (exact) mass is 460 g/mol. The number of carbonyl (C=O) groups is 2. The van der Waals surface area contributed by atoms with Gasteiger partial charge in [0.05, 0.1) is 10.5 Å². The van der Waals surface area contributed by atoms with Gasteiger partial charge in [-0.25, -0.2) is 8.42 Å². The van der Waals surface area contributed by atoms with Gasteiger partial charge in [0.2, 0.25) is 0 Å². The molecule has 2 rings (SSSR count). The van der Waals surface area contributed by atoms with E-state index < -0.39 is 26.1 Å². The van der Waals surface area contributed by atoms with Crippen LogP contribution in [0.15, 0.2) is 47.4 Å². The third kappa shape index (κ3) is 6.28. The van der Waals surface area contributed by atoms with E-state index in [1.807, 2.05) is 6.79 Å². The topological polar surface area (TPSA) is 113 Å². The highest BCUT2D eigenvalue weighted by molar-refractivity contribution is 7.92. The number of alkyl halides is 3. The molecule has 3 N–H and O–H groups in total. The summed E-state index contributed by atoms with van der Waals surface area (Å²) in [5.41, 5.74) is -5.21. The van der Waals surface area contributed by atoms with Crippen molar-refractivity contribution >= 4 is 28.2 Å². The van der Waals surface area contributed by atoms with E-state index in [0.29, 0.717) is 12.0 Å². The molecule has 0 spiro atoms. The molecule has 0 aliphatic rings. The standard InChI is InChI=1S/C19H21F3N2O4S.CH2O/c1-23-18(26)17-14(12-13-6-3-2-4-7-13)16(29(27,28)19(20,21)22)9-8-15(17)24-10-5-11-25;1-2/h2-4,6-9,24-25H,5,10-12H2,1H3,(H,23,26);1H2. The molecule has 0 heterocycles. The van der Waals surface area contributed by atoms with Gasteiger partial charge in [0, 0.05) is 25.9 Å². The van der Waals surface area contributed by atoms with Crippen LogP contribution in [0.1, 0.15) is 27.9 Å². The van der Waals surface area contributed by atoms with Crippen molar-refractivity contribution < 1.29 is 36.3 Å². The van der Waals surface area contributed by atoms with Gasteiger partial charge < -0.3 is 20.5 Å². The summed E-state index contributed by atoms with van der Waals surface area (Å²) < 4.78 is 64.2. The highest BCUT2D eigenvalue weighted by Crippen LogP contribution is 2.36. The second-order valence-corrected chi connectivity index (χ2v) is 8.07. The van der Waals surface area contributed by atoms with Crippen LogP contribution in [0.5, 0.6) is 0 Å². The maximum Gasteiger partial charge on any atom is 0.501 e. The Morgan fingerprint density at radius 2 is 1.71 bits per heavy atom. The summed E-state index contributed by atoms with van der Waals surface area (Å²) in [4.78, 5) is 19.6. The van der Waals surface area contributed by atoms with Gasteiger partial charge in [-0.05, 0) is 36.1 Å². The largest absolute Gasteiger partial charge is 0.501 e. The fraction of sp³-hybridized carbons (Fsp3) is 0.300. The number of amides is 1. The number of hydrogen-bond acceptors (Lipinski definition) is 6. The predicted octanol–water partition coefficient (Wildman–Crippen LogP) is 2.54. The minimum atomic E-state index is -5.68. The molecule has 0 unspecified atom stereocenters. The molecule has 2 aromatic carbocycles. The Kier molecular flexibility index (Phi) is 9.66. The molecule has 1 amide bonds. The average molecular weight is 460 g/mol.